The van der Waals surface area contributed by atoms with Crippen molar-refractivity contribution in [2.75, 3.05) is 52.3 Å². The minimum absolute atomic E-state index is 0.0108. The number of hydrogen-bond acceptors (Lipinski definition) is 5. The van der Waals surface area contributed by atoms with Gasteiger partial charge in [-0.15, -0.1) is 0 Å². The topological polar surface area (TPSA) is 85.0 Å². The molecule has 0 atom stereocenters. The Bertz CT molecular complexity index is 1230. The molecule has 2 fully saturated rings. The number of urea groups is 1. The zero-order chi connectivity index (χ0) is 26.0. The molecule has 0 radical (unpaired) electrons. The Morgan fingerprint density at radius 3 is 2.51 bits per heavy atom. The van der Waals surface area contributed by atoms with E-state index in [0.29, 0.717) is 19.6 Å². The van der Waals surface area contributed by atoms with Crippen molar-refractivity contribution in [2.45, 2.75) is 24.9 Å². The van der Waals surface area contributed by atoms with E-state index in [9.17, 15) is 9.59 Å². The summed E-state index contributed by atoms with van der Waals surface area (Å²) in [7, 11) is 5.23. The molecule has 0 bridgehead atoms. The van der Waals surface area contributed by atoms with E-state index in [4.69, 9.17) is 4.74 Å². The Kier molecular flexibility index (Phi) is 6.88. The zero-order valence-electron chi connectivity index (χ0n) is 21.7. The number of likely N-dealkylation sites (tertiary alicyclic amines) is 1. The van der Waals surface area contributed by atoms with Crippen LogP contribution in [0.1, 0.15) is 18.4 Å². The summed E-state index contributed by atoms with van der Waals surface area (Å²) in [5.41, 5.74) is 3.67. The molecule has 3 amide bonds. The number of aromatic amines is 1. The van der Waals surface area contributed by atoms with Crippen molar-refractivity contribution in [1.82, 2.24) is 24.9 Å². The number of likely N-dealkylation sites (N-methyl/N-ethyl adjacent to an activating group) is 1. The van der Waals surface area contributed by atoms with Gasteiger partial charge >= 0.3 is 6.03 Å². The number of methoxy groups -OCH3 is 1. The third-order valence-electron chi connectivity index (χ3n) is 7.62. The SMILES string of the molecule is COc1cccc(CN2C(=O)N(c3ccc(-c4cn[nH]c4)cc3)CC23CCN(CC(=O)N(C)C)CC3)c1. The van der Waals surface area contributed by atoms with Crippen LogP contribution in [0, 0.1) is 0 Å². The van der Waals surface area contributed by atoms with E-state index in [-0.39, 0.29) is 17.5 Å². The first-order valence-corrected chi connectivity index (χ1v) is 12.6. The van der Waals surface area contributed by atoms with Gasteiger partial charge in [0.05, 0.1) is 31.9 Å². The van der Waals surface area contributed by atoms with E-state index in [1.807, 2.05) is 64.5 Å². The summed E-state index contributed by atoms with van der Waals surface area (Å²) in [6, 6.07) is 16.0. The molecule has 2 saturated heterocycles. The Morgan fingerprint density at radius 2 is 1.86 bits per heavy atom. The molecule has 2 aromatic carbocycles. The summed E-state index contributed by atoms with van der Waals surface area (Å²) in [5.74, 6) is 0.882. The number of H-pyrrole nitrogens is 1. The van der Waals surface area contributed by atoms with Gasteiger partial charge in [-0.05, 0) is 48.2 Å². The molecule has 1 N–H and O–H groups in total. The van der Waals surface area contributed by atoms with Crippen molar-refractivity contribution >= 4 is 17.6 Å². The summed E-state index contributed by atoms with van der Waals surface area (Å²) in [5, 5.41) is 6.87. The van der Waals surface area contributed by atoms with Crippen LogP contribution in [0.3, 0.4) is 0 Å². The van der Waals surface area contributed by atoms with Crippen LogP contribution in [0.25, 0.3) is 11.1 Å². The van der Waals surface area contributed by atoms with E-state index < -0.39 is 0 Å². The molecule has 0 saturated carbocycles. The van der Waals surface area contributed by atoms with E-state index in [1.54, 1.807) is 32.3 Å². The molecule has 5 rings (SSSR count). The summed E-state index contributed by atoms with van der Waals surface area (Å²) in [6.45, 7) is 3.09. The number of ether oxygens (including phenoxy) is 1. The van der Waals surface area contributed by atoms with Gasteiger partial charge in [-0.2, -0.15) is 5.10 Å². The lowest BCUT2D eigenvalue weighted by Crippen LogP contribution is -2.55. The monoisotopic (exact) mass is 502 g/mol. The summed E-state index contributed by atoms with van der Waals surface area (Å²) < 4.78 is 5.42. The fraction of sp³-hybridized carbons (Fsp3) is 0.393. The molecule has 9 nitrogen and oxygen atoms in total. The highest BCUT2D eigenvalue weighted by molar-refractivity contribution is 5.95. The first-order chi connectivity index (χ1) is 17.9. The van der Waals surface area contributed by atoms with Gasteiger partial charge in [-0.1, -0.05) is 24.3 Å². The van der Waals surface area contributed by atoms with Crippen LogP contribution in [0.4, 0.5) is 10.5 Å². The van der Waals surface area contributed by atoms with Crippen molar-refractivity contribution in [3.05, 3.63) is 66.5 Å². The van der Waals surface area contributed by atoms with Crippen molar-refractivity contribution in [3.8, 4) is 16.9 Å². The molecule has 3 aromatic rings. The van der Waals surface area contributed by atoms with Gasteiger partial charge in [0, 0.05) is 51.2 Å². The fourth-order valence-corrected chi connectivity index (χ4v) is 5.32. The largest absolute Gasteiger partial charge is 0.497 e. The van der Waals surface area contributed by atoms with Crippen LogP contribution in [-0.4, -0.2) is 89.8 Å². The molecule has 2 aliphatic heterocycles. The number of carbonyl (C=O) groups excluding carboxylic acids is 2. The highest BCUT2D eigenvalue weighted by Crippen LogP contribution is 2.40. The molecular formula is C28H34N6O3. The second-order valence-electron chi connectivity index (χ2n) is 10.1. The number of benzene rings is 2. The van der Waals surface area contributed by atoms with Gasteiger partial charge < -0.3 is 14.5 Å². The lowest BCUT2D eigenvalue weighted by molar-refractivity contribution is -0.130. The molecule has 0 aliphatic carbocycles. The van der Waals surface area contributed by atoms with Gasteiger partial charge in [0.1, 0.15) is 5.75 Å². The van der Waals surface area contributed by atoms with E-state index in [1.165, 1.54) is 0 Å². The van der Waals surface area contributed by atoms with E-state index in [2.05, 4.69) is 15.1 Å². The Balaban J connectivity index is 1.40. The number of piperidine rings is 1. The summed E-state index contributed by atoms with van der Waals surface area (Å²) >= 11 is 0. The fourth-order valence-electron chi connectivity index (χ4n) is 5.32. The van der Waals surface area contributed by atoms with Crippen LogP contribution in [-0.2, 0) is 11.3 Å². The van der Waals surface area contributed by atoms with Crippen molar-refractivity contribution in [3.63, 3.8) is 0 Å². The van der Waals surface area contributed by atoms with Crippen molar-refractivity contribution in [2.24, 2.45) is 0 Å². The molecule has 1 aromatic heterocycles. The first kappa shape index (κ1) is 24.8. The summed E-state index contributed by atoms with van der Waals surface area (Å²) in [4.78, 5) is 34.0. The van der Waals surface area contributed by atoms with Crippen LogP contribution >= 0.6 is 0 Å². The molecule has 37 heavy (non-hydrogen) atoms. The minimum atomic E-state index is -0.305. The van der Waals surface area contributed by atoms with Crippen LogP contribution in [0.2, 0.25) is 0 Å². The summed E-state index contributed by atoms with van der Waals surface area (Å²) in [6.07, 6.45) is 5.27. The lowest BCUT2D eigenvalue weighted by Gasteiger charge is -2.43. The zero-order valence-corrected chi connectivity index (χ0v) is 21.7. The van der Waals surface area contributed by atoms with Gasteiger partial charge in [0.15, 0.2) is 0 Å². The molecular weight excluding hydrogens is 468 g/mol. The normalized spacial score (nSPS) is 17.4. The number of nitrogens with zero attached hydrogens (tertiary/aromatic N) is 5. The second kappa shape index (κ2) is 10.3. The molecule has 1 spiro atoms. The quantitative estimate of drug-likeness (QED) is 0.535. The van der Waals surface area contributed by atoms with Crippen LogP contribution in [0.5, 0.6) is 5.75 Å². The standard InChI is InChI=1S/C28H34N6O3/c1-31(2)26(35)19-32-13-11-28(12-14-32)20-33(24-9-7-22(8-10-24)23-16-29-30-17-23)27(36)34(28)18-21-5-4-6-25(15-21)37-3/h4-10,15-17H,11-14,18-20H2,1-3H3,(H,29,30). The molecule has 3 heterocycles. The number of amides is 3. The van der Waals surface area contributed by atoms with Crippen LogP contribution < -0.4 is 9.64 Å². The highest BCUT2D eigenvalue weighted by Gasteiger charge is 2.51. The maximum Gasteiger partial charge on any atom is 0.325 e. The number of carbonyl (C=O) groups is 2. The Labute approximate surface area is 217 Å². The highest BCUT2D eigenvalue weighted by atomic mass is 16.5. The molecule has 0 unspecified atom stereocenters. The predicted molar refractivity (Wildman–Crippen MR) is 142 cm³/mol. The smallest absolute Gasteiger partial charge is 0.325 e. The third kappa shape index (κ3) is 5.04. The number of nitrogens with one attached hydrogen (secondary N) is 1. The maximum absolute atomic E-state index is 13.9. The molecule has 2 aliphatic rings. The van der Waals surface area contributed by atoms with Gasteiger partial charge in [-0.25, -0.2) is 4.79 Å². The number of aromatic nitrogens is 2. The van der Waals surface area contributed by atoms with Crippen molar-refractivity contribution in [1.29, 1.82) is 0 Å². The molecule has 194 valence electrons. The first-order valence-electron chi connectivity index (χ1n) is 12.6. The van der Waals surface area contributed by atoms with Crippen molar-refractivity contribution < 1.29 is 14.3 Å². The average Bonchev–Trinajstić information content (AvgIpc) is 3.54. The number of anilines is 1. The molecule has 9 heteroatoms. The average molecular weight is 503 g/mol. The minimum Gasteiger partial charge on any atom is -0.497 e. The van der Waals surface area contributed by atoms with E-state index in [0.717, 1.165) is 54.1 Å². The van der Waals surface area contributed by atoms with E-state index >= 15 is 0 Å². The van der Waals surface area contributed by atoms with Gasteiger partial charge in [0.25, 0.3) is 0 Å². The van der Waals surface area contributed by atoms with Crippen LogP contribution in [0.15, 0.2) is 60.9 Å². The number of rotatable bonds is 7. The Hall–Kier alpha value is -3.85. The van der Waals surface area contributed by atoms with Gasteiger partial charge in [-0.3, -0.25) is 19.7 Å². The lowest BCUT2D eigenvalue weighted by atomic mass is 9.86. The number of hydrogen-bond donors (Lipinski definition) is 1. The third-order valence-corrected chi connectivity index (χ3v) is 7.62. The second-order valence-corrected chi connectivity index (χ2v) is 10.1. The predicted octanol–water partition coefficient (Wildman–Crippen LogP) is 3.45. The van der Waals surface area contributed by atoms with Gasteiger partial charge in [0.2, 0.25) is 5.91 Å². The maximum atomic E-state index is 13.9. The Morgan fingerprint density at radius 1 is 1.11 bits per heavy atom.